The SMILES string of the molecule is CCCNC(C)c1ccnc(OCc2ccccc2Br)c1. The Hall–Kier alpha value is -1.39. The summed E-state index contributed by atoms with van der Waals surface area (Å²) in [4.78, 5) is 4.28. The van der Waals surface area contributed by atoms with Gasteiger partial charge >= 0.3 is 0 Å². The van der Waals surface area contributed by atoms with E-state index in [0.717, 1.165) is 23.0 Å². The fraction of sp³-hybridized carbons (Fsp3) is 0.353. The van der Waals surface area contributed by atoms with E-state index in [1.165, 1.54) is 5.56 Å². The maximum absolute atomic E-state index is 5.80. The van der Waals surface area contributed by atoms with Crippen molar-refractivity contribution in [2.24, 2.45) is 0 Å². The number of ether oxygens (including phenoxy) is 1. The first-order valence-corrected chi connectivity index (χ1v) is 8.05. The highest BCUT2D eigenvalue weighted by Gasteiger charge is 2.07. The van der Waals surface area contributed by atoms with Crippen molar-refractivity contribution in [3.05, 3.63) is 58.2 Å². The molecule has 0 aliphatic heterocycles. The van der Waals surface area contributed by atoms with E-state index in [9.17, 15) is 0 Å². The summed E-state index contributed by atoms with van der Waals surface area (Å²) < 4.78 is 6.85. The average molecular weight is 349 g/mol. The summed E-state index contributed by atoms with van der Waals surface area (Å²) in [6.45, 7) is 5.84. The topological polar surface area (TPSA) is 34.2 Å². The smallest absolute Gasteiger partial charge is 0.213 e. The molecule has 0 saturated heterocycles. The van der Waals surface area contributed by atoms with E-state index in [1.807, 2.05) is 36.4 Å². The Morgan fingerprint density at radius 1 is 1.29 bits per heavy atom. The van der Waals surface area contributed by atoms with E-state index in [2.05, 4.69) is 40.1 Å². The molecule has 0 aliphatic carbocycles. The summed E-state index contributed by atoms with van der Waals surface area (Å²) in [7, 11) is 0. The van der Waals surface area contributed by atoms with Crippen molar-refractivity contribution in [3.8, 4) is 5.88 Å². The van der Waals surface area contributed by atoms with Crippen LogP contribution >= 0.6 is 15.9 Å². The van der Waals surface area contributed by atoms with Gasteiger partial charge in [-0.3, -0.25) is 0 Å². The summed E-state index contributed by atoms with van der Waals surface area (Å²) in [5.74, 6) is 0.661. The Morgan fingerprint density at radius 3 is 2.86 bits per heavy atom. The molecule has 21 heavy (non-hydrogen) atoms. The first-order chi connectivity index (χ1) is 10.2. The molecule has 1 aromatic heterocycles. The lowest BCUT2D eigenvalue weighted by Gasteiger charge is -2.14. The Kier molecular flexibility index (Phi) is 6.21. The fourth-order valence-corrected chi connectivity index (χ4v) is 2.42. The number of nitrogens with zero attached hydrogens (tertiary/aromatic N) is 1. The first kappa shape index (κ1) is 16.0. The number of hydrogen-bond acceptors (Lipinski definition) is 3. The second-order valence-corrected chi connectivity index (χ2v) is 5.84. The van der Waals surface area contributed by atoms with Gasteiger partial charge in [-0.25, -0.2) is 4.98 Å². The van der Waals surface area contributed by atoms with Crippen LogP contribution in [0.1, 0.15) is 37.4 Å². The van der Waals surface area contributed by atoms with Crippen molar-refractivity contribution >= 4 is 15.9 Å². The maximum atomic E-state index is 5.80. The molecule has 4 heteroatoms. The van der Waals surface area contributed by atoms with Gasteiger partial charge in [0.1, 0.15) is 6.61 Å². The van der Waals surface area contributed by atoms with E-state index in [0.29, 0.717) is 18.5 Å². The number of rotatable bonds is 7. The van der Waals surface area contributed by atoms with Crippen molar-refractivity contribution in [1.29, 1.82) is 0 Å². The molecule has 2 rings (SSSR count). The van der Waals surface area contributed by atoms with Crippen molar-refractivity contribution < 1.29 is 4.74 Å². The van der Waals surface area contributed by atoms with E-state index in [4.69, 9.17) is 4.74 Å². The van der Waals surface area contributed by atoms with Gasteiger partial charge in [0.2, 0.25) is 5.88 Å². The first-order valence-electron chi connectivity index (χ1n) is 7.26. The lowest BCUT2D eigenvalue weighted by molar-refractivity contribution is 0.292. The molecule has 1 heterocycles. The maximum Gasteiger partial charge on any atom is 0.213 e. The largest absolute Gasteiger partial charge is 0.473 e. The fourth-order valence-electron chi connectivity index (χ4n) is 2.02. The van der Waals surface area contributed by atoms with Crippen LogP contribution in [-0.2, 0) is 6.61 Å². The number of hydrogen-bond donors (Lipinski definition) is 1. The van der Waals surface area contributed by atoms with Crippen LogP contribution in [0.5, 0.6) is 5.88 Å². The van der Waals surface area contributed by atoms with Crippen molar-refractivity contribution in [2.75, 3.05) is 6.54 Å². The van der Waals surface area contributed by atoms with Crippen LogP contribution in [0.3, 0.4) is 0 Å². The molecule has 1 aromatic carbocycles. The molecule has 0 aliphatic rings. The highest BCUT2D eigenvalue weighted by molar-refractivity contribution is 9.10. The van der Waals surface area contributed by atoms with Gasteiger partial charge in [-0.2, -0.15) is 0 Å². The quantitative estimate of drug-likeness (QED) is 0.800. The third-order valence-corrected chi connectivity index (χ3v) is 4.07. The predicted molar refractivity (Wildman–Crippen MR) is 89.4 cm³/mol. The number of halogens is 1. The van der Waals surface area contributed by atoms with Gasteiger partial charge in [0.05, 0.1) is 0 Å². The van der Waals surface area contributed by atoms with Gasteiger partial charge in [-0.1, -0.05) is 41.1 Å². The van der Waals surface area contributed by atoms with Crippen molar-refractivity contribution in [1.82, 2.24) is 10.3 Å². The Bertz CT molecular complexity index is 574. The normalized spacial score (nSPS) is 12.1. The van der Waals surface area contributed by atoms with E-state index in [-0.39, 0.29) is 0 Å². The summed E-state index contributed by atoms with van der Waals surface area (Å²) in [6.07, 6.45) is 2.93. The number of nitrogens with one attached hydrogen (secondary N) is 1. The van der Waals surface area contributed by atoms with Gasteiger partial charge in [0.25, 0.3) is 0 Å². The van der Waals surface area contributed by atoms with Crippen LogP contribution < -0.4 is 10.1 Å². The summed E-state index contributed by atoms with van der Waals surface area (Å²) >= 11 is 3.53. The summed E-state index contributed by atoms with van der Waals surface area (Å²) in [6, 6.07) is 12.4. The zero-order chi connectivity index (χ0) is 15.1. The van der Waals surface area contributed by atoms with Gasteiger partial charge < -0.3 is 10.1 Å². The molecule has 0 spiro atoms. The zero-order valence-electron chi connectivity index (χ0n) is 12.5. The van der Waals surface area contributed by atoms with Crippen LogP contribution in [0.15, 0.2) is 47.1 Å². The number of pyridine rings is 1. The van der Waals surface area contributed by atoms with Crippen LogP contribution in [0.4, 0.5) is 0 Å². The molecule has 3 nitrogen and oxygen atoms in total. The van der Waals surface area contributed by atoms with Crippen molar-refractivity contribution in [3.63, 3.8) is 0 Å². The van der Waals surface area contributed by atoms with Crippen LogP contribution in [0, 0.1) is 0 Å². The summed E-state index contributed by atoms with van der Waals surface area (Å²) in [5.41, 5.74) is 2.31. The molecule has 2 aromatic rings. The standard InChI is InChI=1S/C17H21BrN2O/c1-3-9-19-13(2)14-8-10-20-17(11-14)21-12-15-6-4-5-7-16(15)18/h4-8,10-11,13,19H,3,9,12H2,1-2H3. The zero-order valence-corrected chi connectivity index (χ0v) is 14.1. The van der Waals surface area contributed by atoms with Gasteiger partial charge in [0, 0.05) is 28.3 Å². The molecule has 112 valence electrons. The average Bonchev–Trinajstić information content (AvgIpc) is 2.52. The minimum atomic E-state index is 0.304. The van der Waals surface area contributed by atoms with Gasteiger partial charge in [0.15, 0.2) is 0 Å². The lowest BCUT2D eigenvalue weighted by atomic mass is 10.1. The molecular formula is C17H21BrN2O. The van der Waals surface area contributed by atoms with E-state index >= 15 is 0 Å². The molecular weight excluding hydrogens is 328 g/mol. The molecule has 0 radical (unpaired) electrons. The van der Waals surface area contributed by atoms with E-state index in [1.54, 1.807) is 6.20 Å². The molecule has 0 fully saturated rings. The molecule has 1 unspecified atom stereocenters. The van der Waals surface area contributed by atoms with Gasteiger partial charge in [-0.05, 0) is 37.6 Å². The molecule has 0 saturated carbocycles. The second kappa shape index (κ2) is 8.15. The lowest BCUT2D eigenvalue weighted by Crippen LogP contribution is -2.19. The van der Waals surface area contributed by atoms with Crippen molar-refractivity contribution in [2.45, 2.75) is 32.9 Å². The molecule has 1 atom stereocenters. The van der Waals surface area contributed by atoms with E-state index < -0.39 is 0 Å². The predicted octanol–water partition coefficient (Wildman–Crippen LogP) is 4.48. The Labute approximate surface area is 134 Å². The highest BCUT2D eigenvalue weighted by atomic mass is 79.9. The Morgan fingerprint density at radius 2 is 2.10 bits per heavy atom. The second-order valence-electron chi connectivity index (χ2n) is 4.98. The molecule has 0 bridgehead atoms. The Balaban J connectivity index is 1.99. The van der Waals surface area contributed by atoms with Crippen LogP contribution in [0.2, 0.25) is 0 Å². The monoisotopic (exact) mass is 348 g/mol. The third-order valence-electron chi connectivity index (χ3n) is 3.29. The number of aromatic nitrogens is 1. The minimum absolute atomic E-state index is 0.304. The minimum Gasteiger partial charge on any atom is -0.473 e. The molecule has 0 amide bonds. The highest BCUT2D eigenvalue weighted by Crippen LogP contribution is 2.20. The molecule has 1 N–H and O–H groups in total. The summed E-state index contributed by atoms with van der Waals surface area (Å²) in [5, 5.41) is 3.47. The van der Waals surface area contributed by atoms with Crippen LogP contribution in [-0.4, -0.2) is 11.5 Å². The third kappa shape index (κ3) is 4.83. The number of benzene rings is 1. The van der Waals surface area contributed by atoms with Crippen LogP contribution in [0.25, 0.3) is 0 Å². The van der Waals surface area contributed by atoms with Gasteiger partial charge in [-0.15, -0.1) is 0 Å².